The third-order valence-electron chi connectivity index (χ3n) is 1.24. The molecule has 0 aromatic rings. The van der Waals surface area contributed by atoms with Gasteiger partial charge in [-0.3, -0.25) is 14.4 Å². The van der Waals surface area contributed by atoms with Crippen LogP contribution in [0.25, 0.3) is 0 Å². The van der Waals surface area contributed by atoms with Crippen LogP contribution in [0.3, 0.4) is 0 Å². The van der Waals surface area contributed by atoms with Gasteiger partial charge < -0.3 is 9.47 Å². The largest absolute Gasteiger partial charge is 0.469 e. The molecule has 6 heteroatoms. The molecule has 0 aliphatic carbocycles. The SMILES string of the molecule is COC(=O)CC(=O)C(Br)C(=O)OC. The maximum Gasteiger partial charge on any atom is 0.327 e. The van der Waals surface area contributed by atoms with Gasteiger partial charge in [0.25, 0.3) is 0 Å². The minimum absolute atomic E-state index is 0.443. The molecule has 0 aliphatic rings. The van der Waals surface area contributed by atoms with Crippen molar-refractivity contribution < 1.29 is 23.9 Å². The Morgan fingerprint density at radius 3 is 2.15 bits per heavy atom. The summed E-state index contributed by atoms with van der Waals surface area (Å²) in [6.07, 6.45) is -0.443. The monoisotopic (exact) mass is 252 g/mol. The number of methoxy groups -OCH3 is 2. The summed E-state index contributed by atoms with van der Waals surface area (Å²) in [5, 5.41) is 0. The van der Waals surface area contributed by atoms with Crippen LogP contribution in [0.15, 0.2) is 0 Å². The quantitative estimate of drug-likeness (QED) is 0.402. The minimum Gasteiger partial charge on any atom is -0.469 e. The average molecular weight is 253 g/mol. The van der Waals surface area contributed by atoms with Gasteiger partial charge in [-0.05, 0) is 0 Å². The highest BCUT2D eigenvalue weighted by molar-refractivity contribution is 9.10. The highest BCUT2D eigenvalue weighted by Crippen LogP contribution is 2.06. The van der Waals surface area contributed by atoms with Crippen LogP contribution in [0.2, 0.25) is 0 Å². The Hall–Kier alpha value is -0.910. The van der Waals surface area contributed by atoms with E-state index in [0.29, 0.717) is 0 Å². The van der Waals surface area contributed by atoms with E-state index in [4.69, 9.17) is 0 Å². The molecule has 0 heterocycles. The topological polar surface area (TPSA) is 69.7 Å². The van der Waals surface area contributed by atoms with Crippen molar-refractivity contribution >= 4 is 33.7 Å². The van der Waals surface area contributed by atoms with Crippen molar-refractivity contribution in [3.05, 3.63) is 0 Å². The number of rotatable bonds is 4. The highest BCUT2D eigenvalue weighted by atomic mass is 79.9. The molecule has 0 rings (SSSR count). The van der Waals surface area contributed by atoms with Crippen molar-refractivity contribution in [2.45, 2.75) is 11.2 Å². The van der Waals surface area contributed by atoms with Gasteiger partial charge >= 0.3 is 11.9 Å². The van der Waals surface area contributed by atoms with Crippen LogP contribution >= 0.6 is 15.9 Å². The molecule has 0 aliphatic heterocycles. The summed E-state index contributed by atoms with van der Waals surface area (Å²) in [5.74, 6) is -1.99. The van der Waals surface area contributed by atoms with E-state index in [1.807, 2.05) is 0 Å². The fourth-order valence-electron chi connectivity index (χ4n) is 0.539. The predicted molar refractivity (Wildman–Crippen MR) is 46.4 cm³/mol. The van der Waals surface area contributed by atoms with Crippen LogP contribution in [-0.2, 0) is 23.9 Å². The molecular formula is C7H9BrO5. The zero-order chi connectivity index (χ0) is 10.4. The van der Waals surface area contributed by atoms with Gasteiger partial charge in [0, 0.05) is 0 Å². The number of esters is 2. The summed E-state index contributed by atoms with van der Waals surface area (Å²) in [5.41, 5.74) is 0. The lowest BCUT2D eigenvalue weighted by molar-refractivity contribution is -0.145. The van der Waals surface area contributed by atoms with Crippen LogP contribution < -0.4 is 0 Å². The first-order valence-corrected chi connectivity index (χ1v) is 4.26. The number of hydrogen-bond donors (Lipinski definition) is 0. The fourth-order valence-corrected chi connectivity index (χ4v) is 0.888. The van der Waals surface area contributed by atoms with Gasteiger partial charge in [-0.1, -0.05) is 15.9 Å². The fraction of sp³-hybridized carbons (Fsp3) is 0.571. The van der Waals surface area contributed by atoms with Crippen molar-refractivity contribution in [1.82, 2.24) is 0 Å². The summed E-state index contributed by atoms with van der Waals surface area (Å²) in [6, 6.07) is 0. The second-order valence-corrected chi connectivity index (χ2v) is 3.02. The van der Waals surface area contributed by atoms with E-state index in [9.17, 15) is 14.4 Å². The van der Waals surface area contributed by atoms with Crippen LogP contribution in [0, 0.1) is 0 Å². The van der Waals surface area contributed by atoms with Crippen molar-refractivity contribution in [3.63, 3.8) is 0 Å². The summed E-state index contributed by atoms with van der Waals surface area (Å²) in [6.45, 7) is 0. The third-order valence-corrected chi connectivity index (χ3v) is 2.12. The van der Waals surface area contributed by atoms with Crippen molar-refractivity contribution in [3.8, 4) is 0 Å². The number of alkyl halides is 1. The Bertz CT molecular complexity index is 225. The molecule has 0 fully saturated rings. The Morgan fingerprint density at radius 2 is 1.77 bits per heavy atom. The Morgan fingerprint density at radius 1 is 1.23 bits per heavy atom. The van der Waals surface area contributed by atoms with Gasteiger partial charge in [0.1, 0.15) is 6.42 Å². The van der Waals surface area contributed by atoms with Crippen molar-refractivity contribution in [1.29, 1.82) is 0 Å². The van der Waals surface area contributed by atoms with Crippen molar-refractivity contribution in [2.24, 2.45) is 0 Å². The third kappa shape index (κ3) is 4.02. The lowest BCUT2D eigenvalue weighted by Gasteiger charge is -2.04. The number of carbonyl (C=O) groups excluding carboxylic acids is 3. The first-order valence-electron chi connectivity index (χ1n) is 3.34. The van der Waals surface area contributed by atoms with E-state index in [1.165, 1.54) is 0 Å². The first-order chi connectivity index (χ1) is 6.02. The van der Waals surface area contributed by atoms with E-state index < -0.39 is 29.0 Å². The molecule has 0 saturated heterocycles. The molecule has 1 unspecified atom stereocenters. The van der Waals surface area contributed by atoms with Crippen LogP contribution in [0.5, 0.6) is 0 Å². The second kappa shape index (κ2) is 5.69. The molecule has 0 spiro atoms. The second-order valence-electron chi connectivity index (χ2n) is 2.10. The molecule has 0 saturated carbocycles. The average Bonchev–Trinajstić information content (AvgIpc) is 2.14. The number of halogens is 1. The highest BCUT2D eigenvalue weighted by Gasteiger charge is 2.26. The molecule has 0 aromatic carbocycles. The maximum absolute atomic E-state index is 11.1. The molecule has 0 N–H and O–H groups in total. The Balaban J connectivity index is 4.11. The van der Waals surface area contributed by atoms with Gasteiger partial charge in [0.15, 0.2) is 10.6 Å². The lowest BCUT2D eigenvalue weighted by Crippen LogP contribution is -2.27. The Labute approximate surface area is 83.5 Å². The van der Waals surface area contributed by atoms with Gasteiger partial charge in [-0.15, -0.1) is 0 Å². The smallest absolute Gasteiger partial charge is 0.327 e. The molecule has 0 radical (unpaired) electrons. The summed E-state index contributed by atoms with van der Waals surface area (Å²) in [4.78, 5) is 31.4. The molecule has 74 valence electrons. The van der Waals surface area contributed by atoms with Crippen LogP contribution in [0.4, 0.5) is 0 Å². The molecule has 5 nitrogen and oxygen atoms in total. The standard InChI is InChI=1S/C7H9BrO5/c1-12-5(10)3-4(9)6(8)7(11)13-2/h6H,3H2,1-2H3. The van der Waals surface area contributed by atoms with E-state index >= 15 is 0 Å². The summed E-state index contributed by atoms with van der Waals surface area (Å²) in [7, 11) is 2.32. The Kier molecular flexibility index (Phi) is 5.29. The number of Topliss-reactive ketones (excluding diaryl/α,β-unsaturated/α-hetero) is 1. The molecule has 1 atom stereocenters. The predicted octanol–water partition coefficient (Wildman–Crippen LogP) is 0.0551. The van der Waals surface area contributed by atoms with Gasteiger partial charge in [0.05, 0.1) is 14.2 Å². The van der Waals surface area contributed by atoms with E-state index in [-0.39, 0.29) is 0 Å². The minimum atomic E-state index is -1.10. The zero-order valence-corrected chi connectivity index (χ0v) is 8.79. The molecule has 0 bridgehead atoms. The molecule has 0 amide bonds. The normalized spacial score (nSPS) is 11.6. The van der Waals surface area contributed by atoms with E-state index in [1.54, 1.807) is 0 Å². The van der Waals surface area contributed by atoms with Gasteiger partial charge in [-0.25, -0.2) is 0 Å². The molecule has 13 heavy (non-hydrogen) atoms. The van der Waals surface area contributed by atoms with Gasteiger partial charge in [0.2, 0.25) is 0 Å². The zero-order valence-electron chi connectivity index (χ0n) is 7.20. The first kappa shape index (κ1) is 12.1. The maximum atomic E-state index is 11.1. The van der Waals surface area contributed by atoms with Crippen LogP contribution in [0.1, 0.15) is 6.42 Å². The number of ketones is 1. The van der Waals surface area contributed by atoms with Crippen LogP contribution in [-0.4, -0.2) is 36.8 Å². The lowest BCUT2D eigenvalue weighted by atomic mass is 10.2. The number of carbonyl (C=O) groups is 3. The summed E-state index contributed by atoms with van der Waals surface area (Å²) < 4.78 is 8.54. The van der Waals surface area contributed by atoms with Gasteiger partial charge in [-0.2, -0.15) is 0 Å². The molecular weight excluding hydrogens is 244 g/mol. The van der Waals surface area contributed by atoms with E-state index in [0.717, 1.165) is 14.2 Å². The number of ether oxygens (including phenoxy) is 2. The molecule has 0 aromatic heterocycles. The van der Waals surface area contributed by atoms with Crippen molar-refractivity contribution in [2.75, 3.05) is 14.2 Å². The number of hydrogen-bond acceptors (Lipinski definition) is 5. The summed E-state index contributed by atoms with van der Waals surface area (Å²) >= 11 is 2.79. The van der Waals surface area contributed by atoms with E-state index in [2.05, 4.69) is 25.4 Å².